The lowest BCUT2D eigenvalue weighted by molar-refractivity contribution is -0.120. The number of ketones is 1. The van der Waals surface area contributed by atoms with Crippen molar-refractivity contribution in [1.29, 1.82) is 0 Å². The quantitative estimate of drug-likeness (QED) is 0.603. The van der Waals surface area contributed by atoms with Gasteiger partial charge in [0.15, 0.2) is 5.78 Å². The molecule has 0 spiro atoms. The van der Waals surface area contributed by atoms with Crippen molar-refractivity contribution in [3.05, 3.63) is 70.3 Å². The first kappa shape index (κ1) is 20.4. The number of rotatable bonds is 7. The van der Waals surface area contributed by atoms with E-state index in [0.29, 0.717) is 41.1 Å². The van der Waals surface area contributed by atoms with E-state index in [-0.39, 0.29) is 17.2 Å². The Bertz CT molecular complexity index is 1110. The predicted molar refractivity (Wildman–Crippen MR) is 113 cm³/mol. The van der Waals surface area contributed by atoms with Gasteiger partial charge >= 0.3 is 0 Å². The summed E-state index contributed by atoms with van der Waals surface area (Å²) in [6, 6.07) is 13.6. The lowest BCUT2D eigenvalue weighted by atomic mass is 10.1. The minimum Gasteiger partial charge on any atom is -0.324 e. The normalized spacial score (nSPS) is 12.1. The number of carbonyl (C=O) groups excluding carboxylic acids is 2. The third-order valence-corrected chi connectivity index (χ3v) is 4.91. The van der Waals surface area contributed by atoms with Gasteiger partial charge in [0, 0.05) is 5.56 Å². The Balaban J connectivity index is 1.79. The van der Waals surface area contributed by atoms with Crippen LogP contribution >= 0.6 is 0 Å². The van der Waals surface area contributed by atoms with Crippen LogP contribution in [0.3, 0.4) is 0 Å². The second-order valence-corrected chi connectivity index (χ2v) is 6.86. The molecule has 3 aromatic rings. The van der Waals surface area contributed by atoms with E-state index < -0.39 is 6.04 Å². The highest BCUT2D eigenvalue weighted by Gasteiger charge is 2.22. The van der Waals surface area contributed by atoms with Crippen LogP contribution in [0, 0.1) is 0 Å². The number of hydrogen-bond donors (Lipinski definition) is 2. The lowest BCUT2D eigenvalue weighted by Gasteiger charge is -2.26. The van der Waals surface area contributed by atoms with Crippen molar-refractivity contribution in [3.63, 3.8) is 0 Å². The number of aromatic amines is 1. The first-order chi connectivity index (χ1) is 13.9. The third kappa shape index (κ3) is 4.57. The molecule has 0 fully saturated rings. The fourth-order valence-electron chi connectivity index (χ4n) is 3.23. The summed E-state index contributed by atoms with van der Waals surface area (Å²) in [6.45, 7) is 6.09. The molecule has 2 N–H and O–H groups in total. The molecule has 7 heteroatoms. The number of likely N-dealkylation sites (N-methyl/N-ethyl adjacent to an activating group) is 1. The monoisotopic (exact) mass is 392 g/mol. The summed E-state index contributed by atoms with van der Waals surface area (Å²) < 4.78 is 0. The molecule has 0 bridgehead atoms. The van der Waals surface area contributed by atoms with Gasteiger partial charge in [-0.1, -0.05) is 31.2 Å². The van der Waals surface area contributed by atoms with Gasteiger partial charge in [0.25, 0.3) is 5.56 Å². The van der Waals surface area contributed by atoms with Crippen LogP contribution in [0.1, 0.15) is 37.0 Å². The Kier molecular flexibility index (Phi) is 6.19. The van der Waals surface area contributed by atoms with E-state index >= 15 is 0 Å². The average Bonchev–Trinajstić information content (AvgIpc) is 2.71. The van der Waals surface area contributed by atoms with Crippen LogP contribution in [0.4, 0.5) is 5.69 Å². The standard InChI is InChI=1S/C22H24N4O3/c1-4-26(13-20-23-19-12-8-6-10-17(19)22(29)25-20)14(2)21(28)24-18-11-7-5-9-16(18)15(3)27/h5-12,14H,4,13H2,1-3H3,(H,24,28)(H,23,25,29). The molecule has 0 saturated carbocycles. The summed E-state index contributed by atoms with van der Waals surface area (Å²) in [6.07, 6.45) is 0. The Morgan fingerprint density at radius 2 is 1.83 bits per heavy atom. The Labute approximate surface area is 168 Å². The minimum absolute atomic E-state index is 0.112. The number of amides is 1. The van der Waals surface area contributed by atoms with Crippen molar-refractivity contribution in [1.82, 2.24) is 14.9 Å². The molecule has 0 radical (unpaired) electrons. The van der Waals surface area contributed by atoms with Gasteiger partial charge in [0.2, 0.25) is 5.91 Å². The zero-order valence-electron chi connectivity index (χ0n) is 16.7. The molecule has 1 amide bonds. The topological polar surface area (TPSA) is 95.2 Å². The van der Waals surface area contributed by atoms with Crippen LogP contribution in [0.2, 0.25) is 0 Å². The maximum absolute atomic E-state index is 12.8. The smallest absolute Gasteiger partial charge is 0.258 e. The first-order valence-corrected chi connectivity index (χ1v) is 9.53. The van der Waals surface area contributed by atoms with Gasteiger partial charge in [-0.05, 0) is 44.7 Å². The summed E-state index contributed by atoms with van der Waals surface area (Å²) in [7, 11) is 0. The number of para-hydroxylation sites is 2. The predicted octanol–water partition coefficient (Wildman–Crippen LogP) is 2.97. The van der Waals surface area contributed by atoms with Crippen LogP contribution in [0.15, 0.2) is 53.3 Å². The molecule has 29 heavy (non-hydrogen) atoms. The third-order valence-electron chi connectivity index (χ3n) is 4.91. The second-order valence-electron chi connectivity index (χ2n) is 6.86. The number of H-pyrrole nitrogens is 1. The van der Waals surface area contributed by atoms with Crippen LogP contribution in [0.5, 0.6) is 0 Å². The Hall–Kier alpha value is -3.32. The lowest BCUT2D eigenvalue weighted by Crippen LogP contribution is -2.42. The molecule has 2 aromatic carbocycles. The molecule has 0 aliphatic carbocycles. The van der Waals surface area contributed by atoms with Crippen LogP contribution in [0.25, 0.3) is 10.9 Å². The molecule has 150 valence electrons. The number of hydrogen-bond acceptors (Lipinski definition) is 5. The molecule has 0 aliphatic heterocycles. The Morgan fingerprint density at radius 3 is 2.55 bits per heavy atom. The highest BCUT2D eigenvalue weighted by molar-refractivity contribution is 6.04. The van der Waals surface area contributed by atoms with Crippen LogP contribution in [-0.4, -0.2) is 39.1 Å². The van der Waals surface area contributed by atoms with Gasteiger partial charge in [-0.25, -0.2) is 4.98 Å². The highest BCUT2D eigenvalue weighted by atomic mass is 16.2. The zero-order chi connectivity index (χ0) is 21.0. The summed E-state index contributed by atoms with van der Waals surface area (Å²) in [5, 5.41) is 3.37. The minimum atomic E-state index is -0.489. The summed E-state index contributed by atoms with van der Waals surface area (Å²) in [5.74, 6) is 0.155. The number of fused-ring (bicyclic) bond motifs is 1. The van der Waals surface area contributed by atoms with Crippen LogP contribution < -0.4 is 10.9 Å². The zero-order valence-corrected chi connectivity index (χ0v) is 16.7. The van der Waals surface area contributed by atoms with E-state index in [0.717, 1.165) is 0 Å². The molecule has 1 unspecified atom stereocenters. The van der Waals surface area contributed by atoms with Crippen molar-refractivity contribution in [3.8, 4) is 0 Å². The number of nitrogens with zero attached hydrogens (tertiary/aromatic N) is 2. The van der Waals surface area contributed by atoms with Gasteiger partial charge in [0.05, 0.1) is 29.2 Å². The van der Waals surface area contributed by atoms with Gasteiger partial charge in [-0.2, -0.15) is 0 Å². The van der Waals surface area contributed by atoms with Crippen molar-refractivity contribution in [2.75, 3.05) is 11.9 Å². The summed E-state index contributed by atoms with van der Waals surface area (Å²) in [5.41, 5.74) is 1.38. The molecule has 3 rings (SSSR count). The van der Waals surface area contributed by atoms with E-state index in [1.807, 2.05) is 17.9 Å². The van der Waals surface area contributed by atoms with E-state index in [1.54, 1.807) is 49.4 Å². The summed E-state index contributed by atoms with van der Waals surface area (Å²) in [4.78, 5) is 46.1. The molecule has 7 nitrogen and oxygen atoms in total. The van der Waals surface area contributed by atoms with Crippen molar-refractivity contribution in [2.45, 2.75) is 33.4 Å². The molecule has 0 saturated heterocycles. The average molecular weight is 392 g/mol. The highest BCUT2D eigenvalue weighted by Crippen LogP contribution is 2.17. The van der Waals surface area contributed by atoms with Crippen molar-refractivity contribution < 1.29 is 9.59 Å². The molecular weight excluding hydrogens is 368 g/mol. The maximum atomic E-state index is 12.8. The Morgan fingerprint density at radius 1 is 1.14 bits per heavy atom. The first-order valence-electron chi connectivity index (χ1n) is 9.53. The van der Waals surface area contributed by atoms with E-state index in [2.05, 4.69) is 15.3 Å². The SMILES string of the molecule is CCN(Cc1nc2ccccc2c(=O)[nH]1)C(C)C(=O)Nc1ccccc1C(C)=O. The van der Waals surface area contributed by atoms with Gasteiger partial charge in [-0.3, -0.25) is 19.3 Å². The molecule has 1 atom stereocenters. The number of Topliss-reactive ketones (excluding diaryl/α,β-unsaturated/α-hetero) is 1. The van der Waals surface area contributed by atoms with E-state index in [1.165, 1.54) is 6.92 Å². The van der Waals surface area contributed by atoms with Crippen molar-refractivity contribution >= 4 is 28.3 Å². The molecular formula is C22H24N4O3. The largest absolute Gasteiger partial charge is 0.324 e. The number of aromatic nitrogens is 2. The van der Waals surface area contributed by atoms with Gasteiger partial charge in [-0.15, -0.1) is 0 Å². The van der Waals surface area contributed by atoms with Crippen molar-refractivity contribution in [2.24, 2.45) is 0 Å². The maximum Gasteiger partial charge on any atom is 0.258 e. The summed E-state index contributed by atoms with van der Waals surface area (Å²) >= 11 is 0. The molecule has 0 aliphatic rings. The fraction of sp³-hybridized carbons (Fsp3) is 0.273. The second kappa shape index (κ2) is 8.79. The molecule has 1 aromatic heterocycles. The number of nitrogens with one attached hydrogen (secondary N) is 2. The van der Waals surface area contributed by atoms with E-state index in [9.17, 15) is 14.4 Å². The fourth-order valence-corrected chi connectivity index (χ4v) is 3.23. The van der Waals surface area contributed by atoms with Crippen LogP contribution in [-0.2, 0) is 11.3 Å². The number of benzene rings is 2. The number of carbonyl (C=O) groups is 2. The molecule has 1 heterocycles. The van der Waals surface area contributed by atoms with Gasteiger partial charge < -0.3 is 10.3 Å². The van der Waals surface area contributed by atoms with E-state index in [4.69, 9.17) is 0 Å². The van der Waals surface area contributed by atoms with Gasteiger partial charge in [0.1, 0.15) is 5.82 Å². The number of anilines is 1.